The van der Waals surface area contributed by atoms with Crippen molar-refractivity contribution in [3.63, 3.8) is 0 Å². The van der Waals surface area contributed by atoms with Crippen molar-refractivity contribution in [3.8, 4) is 0 Å². The lowest BCUT2D eigenvalue weighted by Gasteiger charge is -2.45. The van der Waals surface area contributed by atoms with E-state index >= 15 is 0 Å². The molecule has 0 aromatic rings. The first kappa shape index (κ1) is 11.8. The van der Waals surface area contributed by atoms with Crippen molar-refractivity contribution in [2.45, 2.75) is 43.5 Å². The van der Waals surface area contributed by atoms with Gasteiger partial charge in [0.05, 0.1) is 6.61 Å². The van der Waals surface area contributed by atoms with Crippen molar-refractivity contribution < 1.29 is 30.3 Å². The van der Waals surface area contributed by atoms with E-state index in [1.807, 2.05) is 0 Å². The van der Waals surface area contributed by atoms with Gasteiger partial charge in [-0.15, -0.1) is 0 Å². The van der Waals surface area contributed by atoms with Gasteiger partial charge in [-0.05, 0) is 0 Å². The smallest absolute Gasteiger partial charge is 0.194 e. The zero-order valence-electron chi connectivity index (χ0n) is 7.87. The molecule has 1 aliphatic rings. The molecule has 14 heavy (non-hydrogen) atoms. The summed E-state index contributed by atoms with van der Waals surface area (Å²) in [7, 11) is 0. The predicted molar refractivity (Wildman–Crippen MR) is 45.2 cm³/mol. The Morgan fingerprint density at radius 1 is 1.21 bits per heavy atom. The quantitative estimate of drug-likeness (QED) is 0.345. The number of rotatable bonds is 2. The molecule has 6 heteroatoms. The predicted octanol–water partition coefficient (Wildman–Crippen LogP) is -2.44. The lowest BCUT2D eigenvalue weighted by Crippen LogP contribution is -2.64. The summed E-state index contributed by atoms with van der Waals surface area (Å²) in [6.45, 7) is 1.02. The maximum absolute atomic E-state index is 9.68. The van der Waals surface area contributed by atoms with Crippen molar-refractivity contribution in [1.82, 2.24) is 0 Å². The van der Waals surface area contributed by atoms with E-state index in [4.69, 9.17) is 9.84 Å². The van der Waals surface area contributed by atoms with E-state index in [2.05, 4.69) is 0 Å². The summed E-state index contributed by atoms with van der Waals surface area (Å²) in [6, 6.07) is 0. The van der Waals surface area contributed by atoms with Crippen molar-refractivity contribution in [2.24, 2.45) is 0 Å². The van der Waals surface area contributed by atoms with E-state index in [0.717, 1.165) is 0 Å². The second-order valence-corrected chi connectivity index (χ2v) is 3.46. The molecule has 0 unspecified atom stereocenters. The van der Waals surface area contributed by atoms with Crippen LogP contribution in [0.4, 0.5) is 0 Å². The Hall–Kier alpha value is -0.240. The van der Waals surface area contributed by atoms with Crippen LogP contribution in [0.3, 0.4) is 0 Å². The van der Waals surface area contributed by atoms with E-state index in [0.29, 0.717) is 0 Å². The normalized spacial score (nSPS) is 49.3. The van der Waals surface area contributed by atoms with Crippen LogP contribution in [0.25, 0.3) is 0 Å². The molecule has 1 heterocycles. The van der Waals surface area contributed by atoms with E-state index in [-0.39, 0.29) is 6.42 Å². The SMILES string of the molecule is CC[C@]1(O)O[C@H](CO)[C@@H](O)[C@H](O)[C@H]1O. The standard InChI is InChI=1S/C8H16O6/c1-2-8(13)7(12)6(11)5(10)4(3-9)14-8/h4-7,9-13H,2-3H2,1H3/t4-,5-,6+,7-,8+/m1/s1. The summed E-state index contributed by atoms with van der Waals surface area (Å²) in [5.74, 6) is -1.91. The first-order valence-corrected chi connectivity index (χ1v) is 4.51. The largest absolute Gasteiger partial charge is 0.394 e. The molecule has 0 saturated carbocycles. The summed E-state index contributed by atoms with van der Waals surface area (Å²) >= 11 is 0. The molecule has 1 fully saturated rings. The zero-order valence-corrected chi connectivity index (χ0v) is 7.87. The molecule has 0 aliphatic carbocycles. The van der Waals surface area contributed by atoms with Gasteiger partial charge in [0.25, 0.3) is 0 Å². The average Bonchev–Trinajstić information content (AvgIpc) is 2.20. The fourth-order valence-corrected chi connectivity index (χ4v) is 1.51. The highest BCUT2D eigenvalue weighted by molar-refractivity contribution is 4.95. The third-order valence-electron chi connectivity index (χ3n) is 2.56. The first-order valence-electron chi connectivity index (χ1n) is 4.51. The Morgan fingerprint density at radius 2 is 1.79 bits per heavy atom. The van der Waals surface area contributed by atoms with Crippen molar-refractivity contribution >= 4 is 0 Å². The average molecular weight is 208 g/mol. The molecule has 0 radical (unpaired) electrons. The molecule has 1 aliphatic heterocycles. The maximum atomic E-state index is 9.68. The van der Waals surface area contributed by atoms with Gasteiger partial charge >= 0.3 is 0 Å². The third kappa shape index (κ3) is 1.77. The number of aliphatic hydroxyl groups is 5. The van der Waals surface area contributed by atoms with Crippen molar-refractivity contribution in [1.29, 1.82) is 0 Å². The highest BCUT2D eigenvalue weighted by Gasteiger charge is 2.51. The van der Waals surface area contributed by atoms with Gasteiger partial charge in [0.15, 0.2) is 5.79 Å². The zero-order chi connectivity index (χ0) is 10.9. The van der Waals surface area contributed by atoms with Gasteiger partial charge in [-0.2, -0.15) is 0 Å². The fourth-order valence-electron chi connectivity index (χ4n) is 1.51. The topological polar surface area (TPSA) is 110 Å². The number of aliphatic hydroxyl groups excluding tert-OH is 4. The summed E-state index contributed by atoms with van der Waals surface area (Å²) in [5, 5.41) is 46.6. The van der Waals surface area contributed by atoms with Gasteiger partial charge in [-0.3, -0.25) is 0 Å². The number of ether oxygens (including phenoxy) is 1. The van der Waals surface area contributed by atoms with Crippen LogP contribution in [0.1, 0.15) is 13.3 Å². The van der Waals surface area contributed by atoms with Crippen LogP contribution in [0.15, 0.2) is 0 Å². The van der Waals surface area contributed by atoms with Gasteiger partial charge in [-0.1, -0.05) is 6.92 Å². The Bertz CT molecular complexity index is 196. The second-order valence-electron chi connectivity index (χ2n) is 3.46. The van der Waals surface area contributed by atoms with E-state index in [1.165, 1.54) is 0 Å². The minimum atomic E-state index is -1.91. The highest BCUT2D eigenvalue weighted by atomic mass is 16.7. The van der Waals surface area contributed by atoms with Crippen molar-refractivity contribution in [2.75, 3.05) is 6.61 Å². The molecule has 5 N–H and O–H groups in total. The van der Waals surface area contributed by atoms with Gasteiger partial charge in [-0.25, -0.2) is 0 Å². The molecule has 0 amide bonds. The number of hydrogen-bond acceptors (Lipinski definition) is 6. The Balaban J connectivity index is 2.84. The van der Waals surface area contributed by atoms with E-state index < -0.39 is 36.8 Å². The molecule has 0 spiro atoms. The van der Waals surface area contributed by atoms with Crippen LogP contribution in [0.5, 0.6) is 0 Å². The number of hydrogen-bond donors (Lipinski definition) is 5. The molecule has 0 bridgehead atoms. The molecular formula is C8H16O6. The lowest BCUT2D eigenvalue weighted by molar-refractivity contribution is -0.349. The van der Waals surface area contributed by atoms with Crippen LogP contribution in [0, 0.1) is 0 Å². The molecule has 0 aromatic carbocycles. The van der Waals surface area contributed by atoms with Crippen LogP contribution >= 0.6 is 0 Å². The van der Waals surface area contributed by atoms with Crippen LogP contribution < -0.4 is 0 Å². The molecule has 1 saturated heterocycles. The Morgan fingerprint density at radius 3 is 2.21 bits per heavy atom. The minimum Gasteiger partial charge on any atom is -0.394 e. The van der Waals surface area contributed by atoms with Gasteiger partial charge in [0, 0.05) is 6.42 Å². The van der Waals surface area contributed by atoms with Crippen LogP contribution in [0.2, 0.25) is 0 Å². The Kier molecular flexibility index (Phi) is 3.46. The molecule has 6 nitrogen and oxygen atoms in total. The van der Waals surface area contributed by atoms with Gasteiger partial charge < -0.3 is 30.3 Å². The highest BCUT2D eigenvalue weighted by Crippen LogP contribution is 2.30. The molecule has 5 atom stereocenters. The molecule has 84 valence electrons. The summed E-state index contributed by atoms with van der Waals surface area (Å²) < 4.78 is 4.91. The summed E-state index contributed by atoms with van der Waals surface area (Å²) in [6.07, 6.45) is -5.54. The van der Waals surface area contributed by atoms with Gasteiger partial charge in [0.1, 0.15) is 24.4 Å². The monoisotopic (exact) mass is 208 g/mol. The second kappa shape index (κ2) is 4.09. The summed E-state index contributed by atoms with van der Waals surface area (Å²) in [4.78, 5) is 0. The molecular weight excluding hydrogens is 192 g/mol. The third-order valence-corrected chi connectivity index (χ3v) is 2.56. The van der Waals surface area contributed by atoms with E-state index in [1.54, 1.807) is 6.92 Å². The molecule has 1 rings (SSSR count). The first-order chi connectivity index (χ1) is 6.46. The fraction of sp³-hybridized carbons (Fsp3) is 1.00. The van der Waals surface area contributed by atoms with Crippen LogP contribution in [-0.4, -0.2) is 62.3 Å². The van der Waals surface area contributed by atoms with Gasteiger partial charge in [0.2, 0.25) is 0 Å². The van der Waals surface area contributed by atoms with E-state index in [9.17, 15) is 20.4 Å². The lowest BCUT2D eigenvalue weighted by atomic mass is 9.91. The van der Waals surface area contributed by atoms with Crippen LogP contribution in [-0.2, 0) is 4.74 Å². The maximum Gasteiger partial charge on any atom is 0.194 e. The minimum absolute atomic E-state index is 0.0500. The summed E-state index contributed by atoms with van der Waals surface area (Å²) in [5.41, 5.74) is 0. The Labute approximate surface area is 81.4 Å². The molecule has 0 aromatic heterocycles. The van der Waals surface area contributed by atoms with Crippen molar-refractivity contribution in [3.05, 3.63) is 0 Å².